The summed E-state index contributed by atoms with van der Waals surface area (Å²) < 4.78 is 5.65. The Bertz CT molecular complexity index is 510. The summed E-state index contributed by atoms with van der Waals surface area (Å²) >= 11 is 0. The summed E-state index contributed by atoms with van der Waals surface area (Å²) in [6.07, 6.45) is 2.39. The van der Waals surface area contributed by atoms with Gasteiger partial charge in [0.05, 0.1) is 11.7 Å². The average Bonchev–Trinajstić information content (AvgIpc) is 2.89. The van der Waals surface area contributed by atoms with Gasteiger partial charge in [-0.3, -0.25) is 0 Å². The number of nitrogens with two attached hydrogens (primary N) is 1. The van der Waals surface area contributed by atoms with Crippen LogP contribution >= 0.6 is 0 Å². The zero-order chi connectivity index (χ0) is 14.7. The quantitative estimate of drug-likeness (QED) is 0.376. The molecule has 6 nitrogen and oxygen atoms in total. The van der Waals surface area contributed by atoms with Crippen molar-refractivity contribution in [2.45, 2.75) is 32.8 Å². The van der Waals surface area contributed by atoms with Gasteiger partial charge in [0.2, 0.25) is 0 Å². The van der Waals surface area contributed by atoms with Gasteiger partial charge in [0, 0.05) is 25.9 Å². The van der Waals surface area contributed by atoms with Gasteiger partial charge in [0.1, 0.15) is 5.82 Å². The molecule has 110 valence electrons. The van der Waals surface area contributed by atoms with E-state index in [0.717, 1.165) is 43.1 Å². The van der Waals surface area contributed by atoms with E-state index in [1.54, 1.807) is 0 Å². The molecule has 1 aromatic heterocycles. The van der Waals surface area contributed by atoms with Gasteiger partial charge >= 0.3 is 0 Å². The maximum atomic E-state index is 8.96. The summed E-state index contributed by atoms with van der Waals surface area (Å²) in [6, 6.07) is 1.93. The number of oxime groups is 1. The molecule has 2 rings (SSSR count). The molecule has 1 saturated heterocycles. The second-order valence-electron chi connectivity index (χ2n) is 5.28. The van der Waals surface area contributed by atoms with Crippen LogP contribution in [-0.4, -0.2) is 42.3 Å². The topological polar surface area (TPSA) is 84.0 Å². The maximum Gasteiger partial charge on any atom is 0.174 e. The number of aryl methyl sites for hydroxylation is 2. The lowest BCUT2D eigenvalue weighted by molar-refractivity contribution is 0.116. The SMILES string of the molecule is Cc1cc(C)c(C(N)=NO)c(N(C)CC2CCCO2)n1. The van der Waals surface area contributed by atoms with Crippen molar-refractivity contribution in [2.75, 3.05) is 25.1 Å². The summed E-state index contributed by atoms with van der Waals surface area (Å²) in [5.41, 5.74) is 8.33. The van der Waals surface area contributed by atoms with E-state index >= 15 is 0 Å². The highest BCUT2D eigenvalue weighted by atomic mass is 16.5. The van der Waals surface area contributed by atoms with Gasteiger partial charge in [-0.05, 0) is 38.3 Å². The lowest BCUT2D eigenvalue weighted by Gasteiger charge is -2.25. The van der Waals surface area contributed by atoms with Crippen LogP contribution in [0.25, 0.3) is 0 Å². The van der Waals surface area contributed by atoms with Gasteiger partial charge in [-0.2, -0.15) is 0 Å². The normalized spacial score (nSPS) is 19.4. The van der Waals surface area contributed by atoms with Crippen LogP contribution in [0, 0.1) is 13.8 Å². The number of ether oxygens (including phenoxy) is 1. The number of anilines is 1. The lowest BCUT2D eigenvalue weighted by Crippen LogP contribution is -2.32. The zero-order valence-corrected chi connectivity index (χ0v) is 12.3. The molecule has 0 spiro atoms. The Balaban J connectivity index is 2.32. The van der Waals surface area contributed by atoms with E-state index in [1.807, 2.05) is 31.9 Å². The highest BCUT2D eigenvalue weighted by molar-refractivity contribution is 6.02. The number of rotatable bonds is 4. The second-order valence-corrected chi connectivity index (χ2v) is 5.28. The fraction of sp³-hybridized carbons (Fsp3) is 0.571. The van der Waals surface area contributed by atoms with Gasteiger partial charge in [0.15, 0.2) is 5.84 Å². The minimum absolute atomic E-state index is 0.0872. The number of hydrogen-bond acceptors (Lipinski definition) is 5. The monoisotopic (exact) mass is 278 g/mol. The van der Waals surface area contributed by atoms with Gasteiger partial charge in [0.25, 0.3) is 0 Å². The maximum absolute atomic E-state index is 8.96. The first kappa shape index (κ1) is 14.6. The van der Waals surface area contributed by atoms with Crippen LogP contribution in [0.5, 0.6) is 0 Å². The first-order valence-corrected chi connectivity index (χ1v) is 6.81. The van der Waals surface area contributed by atoms with Crippen molar-refractivity contribution in [1.29, 1.82) is 0 Å². The Kier molecular flexibility index (Phi) is 4.44. The summed E-state index contributed by atoms with van der Waals surface area (Å²) in [7, 11) is 1.96. The number of likely N-dealkylation sites (N-methyl/N-ethyl adjacent to an activating group) is 1. The van der Waals surface area contributed by atoms with E-state index in [9.17, 15) is 0 Å². The van der Waals surface area contributed by atoms with Gasteiger partial charge in [-0.1, -0.05) is 5.16 Å². The first-order chi connectivity index (χ1) is 9.52. The Morgan fingerprint density at radius 2 is 2.35 bits per heavy atom. The van der Waals surface area contributed by atoms with E-state index in [1.165, 1.54) is 0 Å². The van der Waals surface area contributed by atoms with E-state index in [-0.39, 0.29) is 11.9 Å². The Morgan fingerprint density at radius 1 is 1.60 bits per heavy atom. The summed E-state index contributed by atoms with van der Waals surface area (Å²) in [5.74, 6) is 0.817. The van der Waals surface area contributed by atoms with Crippen molar-refractivity contribution in [2.24, 2.45) is 10.9 Å². The fourth-order valence-electron chi connectivity index (χ4n) is 2.64. The van der Waals surface area contributed by atoms with Gasteiger partial charge in [-0.15, -0.1) is 0 Å². The highest BCUT2D eigenvalue weighted by Gasteiger charge is 2.22. The number of aromatic nitrogens is 1. The van der Waals surface area contributed by atoms with E-state index in [0.29, 0.717) is 5.56 Å². The molecule has 0 aromatic carbocycles. The zero-order valence-electron chi connectivity index (χ0n) is 12.3. The highest BCUT2D eigenvalue weighted by Crippen LogP contribution is 2.23. The van der Waals surface area contributed by atoms with Crippen molar-refractivity contribution in [3.63, 3.8) is 0 Å². The van der Waals surface area contributed by atoms with Gasteiger partial charge in [-0.25, -0.2) is 4.98 Å². The molecule has 3 N–H and O–H groups in total. The van der Waals surface area contributed by atoms with Crippen LogP contribution < -0.4 is 10.6 Å². The molecule has 1 aliphatic heterocycles. The van der Waals surface area contributed by atoms with E-state index in [4.69, 9.17) is 15.7 Å². The molecule has 0 aliphatic carbocycles. The molecule has 0 radical (unpaired) electrons. The number of pyridine rings is 1. The summed E-state index contributed by atoms with van der Waals surface area (Å²) in [4.78, 5) is 6.56. The van der Waals surface area contributed by atoms with Crippen LogP contribution in [0.2, 0.25) is 0 Å². The molecule has 0 amide bonds. The Hall–Kier alpha value is -1.82. The van der Waals surface area contributed by atoms with Crippen molar-refractivity contribution < 1.29 is 9.94 Å². The summed E-state index contributed by atoms with van der Waals surface area (Å²) in [5, 5.41) is 12.1. The minimum Gasteiger partial charge on any atom is -0.409 e. The molecule has 1 atom stereocenters. The van der Waals surface area contributed by atoms with Crippen molar-refractivity contribution >= 4 is 11.7 Å². The van der Waals surface area contributed by atoms with E-state index in [2.05, 4.69) is 10.1 Å². The number of amidine groups is 1. The molecule has 1 aromatic rings. The third-order valence-corrected chi connectivity index (χ3v) is 3.55. The van der Waals surface area contributed by atoms with Crippen LogP contribution in [-0.2, 0) is 4.74 Å². The molecule has 0 saturated carbocycles. The third-order valence-electron chi connectivity index (χ3n) is 3.55. The van der Waals surface area contributed by atoms with Crippen molar-refractivity contribution in [3.8, 4) is 0 Å². The van der Waals surface area contributed by atoms with E-state index < -0.39 is 0 Å². The third kappa shape index (κ3) is 3.01. The van der Waals surface area contributed by atoms with Crippen molar-refractivity contribution in [1.82, 2.24) is 4.98 Å². The second kappa shape index (κ2) is 6.09. The molecule has 1 unspecified atom stereocenters. The molecule has 20 heavy (non-hydrogen) atoms. The van der Waals surface area contributed by atoms with Crippen LogP contribution in [0.4, 0.5) is 5.82 Å². The number of hydrogen-bond donors (Lipinski definition) is 2. The van der Waals surface area contributed by atoms with Crippen LogP contribution in [0.1, 0.15) is 29.7 Å². The standard InChI is InChI=1S/C14H22N4O2/c1-9-7-10(2)16-14(12(9)13(15)17-19)18(3)8-11-5-4-6-20-11/h7,11,19H,4-6,8H2,1-3H3,(H2,15,17). The smallest absolute Gasteiger partial charge is 0.174 e. The Labute approximate surface area is 119 Å². The molecule has 0 bridgehead atoms. The fourth-order valence-corrected chi connectivity index (χ4v) is 2.64. The number of nitrogens with zero attached hydrogens (tertiary/aromatic N) is 3. The summed E-state index contributed by atoms with van der Waals surface area (Å²) in [6.45, 7) is 5.45. The van der Waals surface area contributed by atoms with Crippen LogP contribution in [0.15, 0.2) is 11.2 Å². The molecule has 1 aliphatic rings. The molecule has 1 fully saturated rings. The van der Waals surface area contributed by atoms with Crippen molar-refractivity contribution in [3.05, 3.63) is 22.9 Å². The molecular formula is C14H22N4O2. The van der Waals surface area contributed by atoms with Gasteiger partial charge < -0.3 is 20.6 Å². The molecule has 6 heteroatoms. The Morgan fingerprint density at radius 3 is 2.95 bits per heavy atom. The predicted octanol–water partition coefficient (Wildman–Crippen LogP) is 1.41. The van der Waals surface area contributed by atoms with Crippen LogP contribution in [0.3, 0.4) is 0 Å². The molecular weight excluding hydrogens is 256 g/mol. The largest absolute Gasteiger partial charge is 0.409 e. The minimum atomic E-state index is 0.0872. The molecule has 2 heterocycles. The predicted molar refractivity (Wildman–Crippen MR) is 78.5 cm³/mol. The average molecular weight is 278 g/mol. The first-order valence-electron chi connectivity index (χ1n) is 6.81. The lowest BCUT2D eigenvalue weighted by atomic mass is 10.1.